The molecular formula is C18H24N4O3. The number of hydrogen-bond acceptors (Lipinski definition) is 5. The number of pyridine rings is 1. The van der Waals surface area contributed by atoms with Crippen LogP contribution in [0.25, 0.3) is 0 Å². The Balaban J connectivity index is 1.83. The number of aryl methyl sites for hydroxylation is 2. The molecule has 1 amide bonds. The van der Waals surface area contributed by atoms with Gasteiger partial charge in [0.15, 0.2) is 5.82 Å². The maximum atomic E-state index is 12.7. The summed E-state index contributed by atoms with van der Waals surface area (Å²) in [5.41, 5.74) is -0.144. The summed E-state index contributed by atoms with van der Waals surface area (Å²) < 4.78 is 6.58. The summed E-state index contributed by atoms with van der Waals surface area (Å²) in [6, 6.07) is 3.51. The third-order valence-electron chi connectivity index (χ3n) is 4.82. The van der Waals surface area contributed by atoms with Crippen LogP contribution in [0.1, 0.15) is 55.8 Å². The lowest BCUT2D eigenvalue weighted by Gasteiger charge is -2.30. The molecule has 1 aliphatic rings. The smallest absolute Gasteiger partial charge is 0.253 e. The van der Waals surface area contributed by atoms with Crippen LogP contribution in [-0.2, 0) is 16.9 Å². The Labute approximate surface area is 146 Å². The molecule has 0 saturated heterocycles. The number of rotatable bonds is 4. The molecule has 0 radical (unpaired) electrons. The first-order valence-electron chi connectivity index (χ1n) is 8.78. The van der Waals surface area contributed by atoms with Crippen LogP contribution >= 0.6 is 0 Å². The highest BCUT2D eigenvalue weighted by molar-refractivity contribution is 5.76. The van der Waals surface area contributed by atoms with E-state index >= 15 is 0 Å². The molecule has 2 aromatic heterocycles. The van der Waals surface area contributed by atoms with Gasteiger partial charge in [-0.25, -0.2) is 0 Å². The molecule has 3 rings (SSSR count). The average Bonchev–Trinajstić information content (AvgIpc) is 2.88. The van der Waals surface area contributed by atoms with E-state index in [1.165, 1.54) is 4.57 Å². The van der Waals surface area contributed by atoms with E-state index in [0.717, 1.165) is 38.5 Å². The molecule has 7 nitrogen and oxygen atoms in total. The third-order valence-corrected chi connectivity index (χ3v) is 4.82. The first kappa shape index (κ1) is 17.4. The summed E-state index contributed by atoms with van der Waals surface area (Å²) in [4.78, 5) is 29.2. The maximum absolute atomic E-state index is 12.7. The summed E-state index contributed by atoms with van der Waals surface area (Å²) >= 11 is 0. The molecule has 0 bridgehead atoms. The molecule has 2 aromatic rings. The van der Waals surface area contributed by atoms with Crippen LogP contribution < -0.4 is 10.9 Å². The second kappa shape index (κ2) is 7.21. The minimum atomic E-state index is -0.612. The Kier molecular flexibility index (Phi) is 5.01. The molecule has 134 valence electrons. The van der Waals surface area contributed by atoms with Crippen molar-refractivity contribution in [1.82, 2.24) is 20.0 Å². The van der Waals surface area contributed by atoms with E-state index in [4.69, 9.17) is 4.52 Å². The zero-order valence-electron chi connectivity index (χ0n) is 14.7. The number of carbonyl (C=O) groups excluding carboxylic acids is 1. The molecule has 2 heterocycles. The normalized spacial score (nSPS) is 17.0. The zero-order valence-corrected chi connectivity index (χ0v) is 14.7. The minimum Gasteiger partial charge on any atom is -0.342 e. The van der Waals surface area contributed by atoms with Gasteiger partial charge in [0.2, 0.25) is 11.8 Å². The van der Waals surface area contributed by atoms with Crippen molar-refractivity contribution >= 4 is 5.91 Å². The van der Waals surface area contributed by atoms with Gasteiger partial charge in [0.1, 0.15) is 12.1 Å². The number of nitrogens with one attached hydrogen (secondary N) is 1. The fraction of sp³-hybridized carbons (Fsp3) is 0.556. The highest BCUT2D eigenvalue weighted by Gasteiger charge is 2.38. The van der Waals surface area contributed by atoms with Gasteiger partial charge in [-0.3, -0.25) is 9.59 Å². The van der Waals surface area contributed by atoms with E-state index in [-0.39, 0.29) is 18.0 Å². The lowest BCUT2D eigenvalue weighted by atomic mass is 9.89. The van der Waals surface area contributed by atoms with Crippen molar-refractivity contribution in [2.45, 2.75) is 64.5 Å². The van der Waals surface area contributed by atoms with E-state index in [9.17, 15) is 9.59 Å². The van der Waals surface area contributed by atoms with Gasteiger partial charge in [-0.2, -0.15) is 4.98 Å². The van der Waals surface area contributed by atoms with E-state index < -0.39 is 5.54 Å². The van der Waals surface area contributed by atoms with Gasteiger partial charge in [0.05, 0.1) is 0 Å². The fourth-order valence-corrected chi connectivity index (χ4v) is 3.47. The van der Waals surface area contributed by atoms with Crippen LogP contribution in [0.3, 0.4) is 0 Å². The molecule has 1 aliphatic carbocycles. The second-order valence-electron chi connectivity index (χ2n) is 6.81. The standard InChI is InChI=1S/C18H24N4O3/c1-13-8-7-11-22(16(13)24)12-15(23)20-18(9-5-3-4-6-10-18)17-19-14(2)25-21-17/h7-8,11H,3-6,9-10,12H2,1-2H3,(H,20,23). The lowest BCUT2D eigenvalue weighted by molar-refractivity contribution is -0.124. The third kappa shape index (κ3) is 3.81. The second-order valence-corrected chi connectivity index (χ2v) is 6.81. The van der Waals surface area contributed by atoms with E-state index in [1.807, 2.05) is 0 Å². The SMILES string of the molecule is Cc1nc(C2(NC(=O)Cn3cccc(C)c3=O)CCCCCC2)no1. The van der Waals surface area contributed by atoms with Crippen molar-refractivity contribution in [3.63, 3.8) is 0 Å². The molecular weight excluding hydrogens is 320 g/mol. The molecule has 0 unspecified atom stereocenters. The number of amides is 1. The summed E-state index contributed by atoms with van der Waals surface area (Å²) in [6.07, 6.45) is 7.45. The van der Waals surface area contributed by atoms with Crippen molar-refractivity contribution in [1.29, 1.82) is 0 Å². The summed E-state index contributed by atoms with van der Waals surface area (Å²) in [5.74, 6) is 0.816. The van der Waals surface area contributed by atoms with Gasteiger partial charge in [0.25, 0.3) is 5.56 Å². The fourth-order valence-electron chi connectivity index (χ4n) is 3.47. The van der Waals surface area contributed by atoms with Gasteiger partial charge in [-0.1, -0.05) is 36.9 Å². The maximum Gasteiger partial charge on any atom is 0.253 e. The molecule has 0 aliphatic heterocycles. The van der Waals surface area contributed by atoms with Crippen LogP contribution in [0.4, 0.5) is 0 Å². The van der Waals surface area contributed by atoms with Gasteiger partial charge in [0, 0.05) is 18.7 Å². The zero-order chi connectivity index (χ0) is 17.9. The predicted octanol–water partition coefficient (Wildman–Crippen LogP) is 2.21. The van der Waals surface area contributed by atoms with Gasteiger partial charge >= 0.3 is 0 Å². The van der Waals surface area contributed by atoms with Gasteiger partial charge in [-0.15, -0.1) is 0 Å². The Bertz CT molecular complexity index is 801. The quantitative estimate of drug-likeness (QED) is 0.859. The first-order chi connectivity index (χ1) is 12.0. The molecule has 0 atom stereocenters. The molecule has 1 saturated carbocycles. The predicted molar refractivity (Wildman–Crippen MR) is 92.0 cm³/mol. The van der Waals surface area contributed by atoms with Crippen molar-refractivity contribution in [2.24, 2.45) is 0 Å². The van der Waals surface area contributed by atoms with Crippen LogP contribution in [0.5, 0.6) is 0 Å². The van der Waals surface area contributed by atoms with Crippen LogP contribution in [0, 0.1) is 13.8 Å². The van der Waals surface area contributed by atoms with E-state index in [2.05, 4.69) is 15.5 Å². The molecule has 7 heteroatoms. The summed E-state index contributed by atoms with van der Waals surface area (Å²) in [5, 5.41) is 7.19. The van der Waals surface area contributed by atoms with Gasteiger partial charge in [-0.05, 0) is 25.8 Å². The Hall–Kier alpha value is -2.44. The Morgan fingerprint density at radius 3 is 2.64 bits per heavy atom. The van der Waals surface area contributed by atoms with Crippen molar-refractivity contribution in [2.75, 3.05) is 0 Å². The molecule has 0 aromatic carbocycles. The molecule has 1 N–H and O–H groups in total. The van der Waals surface area contributed by atoms with Crippen LogP contribution in [0.2, 0.25) is 0 Å². The topological polar surface area (TPSA) is 90.0 Å². The molecule has 1 fully saturated rings. The van der Waals surface area contributed by atoms with E-state index in [1.54, 1.807) is 32.2 Å². The highest BCUT2D eigenvalue weighted by Crippen LogP contribution is 2.34. The summed E-state index contributed by atoms with van der Waals surface area (Å²) in [6.45, 7) is 3.47. The number of hydrogen-bond donors (Lipinski definition) is 1. The average molecular weight is 344 g/mol. The number of aromatic nitrogens is 3. The first-order valence-corrected chi connectivity index (χ1v) is 8.78. The molecule has 25 heavy (non-hydrogen) atoms. The van der Waals surface area contributed by atoms with Crippen molar-refractivity contribution < 1.29 is 9.32 Å². The summed E-state index contributed by atoms with van der Waals surface area (Å²) in [7, 11) is 0. The van der Waals surface area contributed by atoms with Crippen molar-refractivity contribution in [3.8, 4) is 0 Å². The minimum absolute atomic E-state index is 0.0148. The van der Waals surface area contributed by atoms with Crippen molar-refractivity contribution in [3.05, 3.63) is 46.0 Å². The Morgan fingerprint density at radius 2 is 2.00 bits per heavy atom. The lowest BCUT2D eigenvalue weighted by Crippen LogP contribution is -2.48. The largest absolute Gasteiger partial charge is 0.342 e. The number of nitrogens with zero attached hydrogens (tertiary/aromatic N) is 3. The van der Waals surface area contributed by atoms with Crippen LogP contribution in [0.15, 0.2) is 27.6 Å². The monoisotopic (exact) mass is 344 g/mol. The highest BCUT2D eigenvalue weighted by atomic mass is 16.5. The Morgan fingerprint density at radius 1 is 1.28 bits per heavy atom. The van der Waals surface area contributed by atoms with Gasteiger partial charge < -0.3 is 14.4 Å². The van der Waals surface area contributed by atoms with Crippen LogP contribution in [-0.4, -0.2) is 20.6 Å². The molecule has 0 spiro atoms. The number of carbonyl (C=O) groups is 1. The van der Waals surface area contributed by atoms with E-state index in [0.29, 0.717) is 17.3 Å².